The normalized spacial score (nSPS) is 11.9. The molecule has 0 aliphatic carbocycles. The van der Waals surface area contributed by atoms with Crippen molar-refractivity contribution in [3.63, 3.8) is 0 Å². The maximum atomic E-state index is 11.6. The van der Waals surface area contributed by atoms with E-state index in [1.165, 1.54) is 11.8 Å². The first-order valence-corrected chi connectivity index (χ1v) is 8.49. The zero-order valence-electron chi connectivity index (χ0n) is 11.6. The highest BCUT2D eigenvalue weighted by molar-refractivity contribution is 7.90. The number of fused-ring (bicyclic) bond motifs is 1. The van der Waals surface area contributed by atoms with E-state index in [-0.39, 0.29) is 0 Å². The minimum atomic E-state index is -3.20. The lowest BCUT2D eigenvalue weighted by molar-refractivity contribution is 0.602. The van der Waals surface area contributed by atoms with Crippen molar-refractivity contribution in [3.8, 4) is 0 Å². The Balaban J connectivity index is 1.84. The summed E-state index contributed by atoms with van der Waals surface area (Å²) in [6, 6.07) is 8.91. The number of nitrogens with one attached hydrogen (secondary N) is 1. The maximum Gasteiger partial charge on any atom is 0.175 e. The number of pyridine rings is 1. The van der Waals surface area contributed by atoms with E-state index < -0.39 is 9.84 Å². The number of rotatable bonds is 4. The first kappa shape index (κ1) is 13.8. The Morgan fingerprint density at radius 1 is 1.10 bits per heavy atom. The van der Waals surface area contributed by atoms with Crippen molar-refractivity contribution >= 4 is 20.9 Å². The van der Waals surface area contributed by atoms with Crippen LogP contribution in [0.2, 0.25) is 0 Å². The van der Waals surface area contributed by atoms with Crippen LogP contribution >= 0.6 is 0 Å². The summed E-state index contributed by atoms with van der Waals surface area (Å²) in [5.41, 5.74) is 2.73. The highest BCUT2D eigenvalue weighted by Crippen LogP contribution is 2.18. The highest BCUT2D eigenvalue weighted by Gasteiger charge is 2.10. The molecule has 2 aromatic heterocycles. The summed E-state index contributed by atoms with van der Waals surface area (Å²) >= 11 is 0. The number of hydrogen-bond donors (Lipinski definition) is 1. The van der Waals surface area contributed by atoms with Crippen LogP contribution in [0, 0.1) is 0 Å². The molecular formula is C15H15N3O2S. The van der Waals surface area contributed by atoms with Crippen molar-refractivity contribution in [2.24, 2.45) is 0 Å². The summed E-state index contributed by atoms with van der Waals surface area (Å²) in [6.45, 7) is 0. The van der Waals surface area contributed by atoms with Crippen molar-refractivity contribution in [2.45, 2.75) is 17.7 Å². The lowest BCUT2D eigenvalue weighted by Crippen LogP contribution is -1.96. The molecule has 0 amide bonds. The van der Waals surface area contributed by atoms with Crippen LogP contribution in [-0.2, 0) is 22.7 Å². The first-order chi connectivity index (χ1) is 10.0. The minimum Gasteiger partial charge on any atom is -0.342 e. The molecule has 5 nitrogen and oxygen atoms in total. The fraction of sp³-hybridized carbons (Fsp3) is 0.200. The van der Waals surface area contributed by atoms with Crippen LogP contribution in [0.5, 0.6) is 0 Å². The second kappa shape index (κ2) is 5.29. The molecule has 0 saturated heterocycles. The SMILES string of the molecule is CS(=O)(=O)c1ccc2nc(CCc3ccncc3)[nH]c2c1. The van der Waals surface area contributed by atoms with Gasteiger partial charge in [0.1, 0.15) is 5.82 Å². The van der Waals surface area contributed by atoms with Gasteiger partial charge in [0.2, 0.25) is 0 Å². The van der Waals surface area contributed by atoms with Crippen LogP contribution < -0.4 is 0 Å². The summed E-state index contributed by atoms with van der Waals surface area (Å²) in [4.78, 5) is 12.0. The summed E-state index contributed by atoms with van der Waals surface area (Å²) < 4.78 is 23.1. The van der Waals surface area contributed by atoms with Gasteiger partial charge in [0.15, 0.2) is 9.84 Å². The Morgan fingerprint density at radius 2 is 1.86 bits per heavy atom. The molecule has 0 fully saturated rings. The molecule has 0 spiro atoms. The fourth-order valence-corrected chi connectivity index (χ4v) is 2.85. The second-order valence-corrected chi connectivity index (χ2v) is 7.01. The van der Waals surface area contributed by atoms with Gasteiger partial charge < -0.3 is 4.98 Å². The highest BCUT2D eigenvalue weighted by atomic mass is 32.2. The number of aromatic nitrogens is 3. The van der Waals surface area contributed by atoms with Gasteiger partial charge in [-0.25, -0.2) is 13.4 Å². The largest absolute Gasteiger partial charge is 0.342 e. The van der Waals surface area contributed by atoms with E-state index in [4.69, 9.17) is 0 Å². The average molecular weight is 301 g/mol. The number of aromatic amines is 1. The van der Waals surface area contributed by atoms with Gasteiger partial charge in [-0.1, -0.05) is 0 Å². The minimum absolute atomic E-state index is 0.305. The average Bonchev–Trinajstić information content (AvgIpc) is 2.87. The Kier molecular flexibility index (Phi) is 3.47. The van der Waals surface area contributed by atoms with Crippen molar-refractivity contribution in [3.05, 3.63) is 54.1 Å². The van der Waals surface area contributed by atoms with Gasteiger partial charge in [-0.05, 0) is 42.3 Å². The number of hydrogen-bond acceptors (Lipinski definition) is 4. The Bertz CT molecular complexity index is 870. The third-order valence-electron chi connectivity index (χ3n) is 3.33. The molecule has 0 aliphatic heterocycles. The Hall–Kier alpha value is -2.21. The molecule has 0 bridgehead atoms. The van der Waals surface area contributed by atoms with Gasteiger partial charge in [-0.3, -0.25) is 4.98 Å². The number of sulfone groups is 1. The van der Waals surface area contributed by atoms with E-state index in [9.17, 15) is 8.42 Å². The number of H-pyrrole nitrogens is 1. The molecule has 0 unspecified atom stereocenters. The Labute approximate surface area is 123 Å². The molecule has 0 atom stereocenters. The quantitative estimate of drug-likeness (QED) is 0.801. The fourth-order valence-electron chi connectivity index (χ4n) is 2.20. The zero-order chi connectivity index (χ0) is 14.9. The van der Waals surface area contributed by atoms with Crippen LogP contribution in [0.25, 0.3) is 11.0 Å². The van der Waals surface area contributed by atoms with Crippen molar-refractivity contribution < 1.29 is 8.42 Å². The Morgan fingerprint density at radius 3 is 2.57 bits per heavy atom. The molecule has 2 heterocycles. The molecule has 3 aromatic rings. The predicted molar refractivity (Wildman–Crippen MR) is 80.8 cm³/mol. The topological polar surface area (TPSA) is 75.7 Å². The molecule has 0 saturated carbocycles. The van der Waals surface area contributed by atoms with Gasteiger partial charge in [-0.15, -0.1) is 0 Å². The van der Waals surface area contributed by atoms with E-state index in [1.807, 2.05) is 12.1 Å². The number of imidazole rings is 1. The van der Waals surface area contributed by atoms with E-state index in [0.717, 1.165) is 29.7 Å². The molecule has 0 aliphatic rings. The van der Waals surface area contributed by atoms with Crippen LogP contribution in [0.3, 0.4) is 0 Å². The van der Waals surface area contributed by atoms with Gasteiger partial charge in [0.05, 0.1) is 15.9 Å². The molecule has 0 radical (unpaired) electrons. The third kappa shape index (κ3) is 3.11. The van der Waals surface area contributed by atoms with Gasteiger partial charge in [-0.2, -0.15) is 0 Å². The van der Waals surface area contributed by atoms with E-state index >= 15 is 0 Å². The predicted octanol–water partition coefficient (Wildman–Crippen LogP) is 2.15. The van der Waals surface area contributed by atoms with Crippen molar-refractivity contribution in [2.75, 3.05) is 6.26 Å². The second-order valence-electron chi connectivity index (χ2n) is 4.99. The molecule has 3 rings (SSSR count). The van der Waals surface area contributed by atoms with Crippen LogP contribution in [0.1, 0.15) is 11.4 Å². The number of aryl methyl sites for hydroxylation is 2. The zero-order valence-corrected chi connectivity index (χ0v) is 12.4. The lowest BCUT2D eigenvalue weighted by atomic mass is 10.1. The molecule has 1 N–H and O–H groups in total. The number of nitrogens with zero attached hydrogens (tertiary/aromatic N) is 2. The first-order valence-electron chi connectivity index (χ1n) is 6.60. The number of benzene rings is 1. The molecule has 6 heteroatoms. The van der Waals surface area contributed by atoms with Crippen LogP contribution in [0.15, 0.2) is 47.6 Å². The molecule has 108 valence electrons. The third-order valence-corrected chi connectivity index (χ3v) is 4.44. The summed E-state index contributed by atoms with van der Waals surface area (Å²) in [5, 5.41) is 0. The van der Waals surface area contributed by atoms with E-state index in [2.05, 4.69) is 15.0 Å². The van der Waals surface area contributed by atoms with E-state index in [0.29, 0.717) is 4.90 Å². The van der Waals surface area contributed by atoms with Crippen LogP contribution in [-0.4, -0.2) is 29.6 Å². The molecule has 1 aromatic carbocycles. The van der Waals surface area contributed by atoms with Crippen LogP contribution in [0.4, 0.5) is 0 Å². The smallest absolute Gasteiger partial charge is 0.175 e. The summed E-state index contributed by atoms with van der Waals surface area (Å²) in [5.74, 6) is 0.854. The molecule has 21 heavy (non-hydrogen) atoms. The van der Waals surface area contributed by atoms with Gasteiger partial charge in [0.25, 0.3) is 0 Å². The van der Waals surface area contributed by atoms with Crippen molar-refractivity contribution in [1.29, 1.82) is 0 Å². The van der Waals surface area contributed by atoms with E-state index in [1.54, 1.807) is 30.6 Å². The standard InChI is InChI=1S/C15H15N3O2S/c1-21(19,20)12-3-4-13-14(10-12)18-15(17-13)5-2-11-6-8-16-9-7-11/h3-4,6-10H,2,5H2,1H3,(H,17,18). The lowest BCUT2D eigenvalue weighted by Gasteiger charge is -1.97. The van der Waals surface area contributed by atoms with Gasteiger partial charge in [0, 0.05) is 25.1 Å². The molecular weight excluding hydrogens is 286 g/mol. The summed E-state index contributed by atoms with van der Waals surface area (Å²) in [6.07, 6.45) is 6.38. The maximum absolute atomic E-state index is 11.6. The summed E-state index contributed by atoms with van der Waals surface area (Å²) in [7, 11) is -3.20. The monoisotopic (exact) mass is 301 g/mol. The van der Waals surface area contributed by atoms with Crippen molar-refractivity contribution in [1.82, 2.24) is 15.0 Å². The van der Waals surface area contributed by atoms with Gasteiger partial charge >= 0.3 is 0 Å².